The predicted octanol–water partition coefficient (Wildman–Crippen LogP) is 3.92. The predicted molar refractivity (Wildman–Crippen MR) is 123 cm³/mol. The van der Waals surface area contributed by atoms with Gasteiger partial charge in [-0.3, -0.25) is 14.7 Å². The topological polar surface area (TPSA) is 47.9 Å². The molecule has 3 aliphatic rings. The normalized spacial score (nSPS) is 21.6. The molecule has 2 fully saturated rings. The number of rotatable bonds is 5. The van der Waals surface area contributed by atoms with Gasteiger partial charge in [-0.15, -0.1) is 0 Å². The number of nitrogens with one attached hydrogen (secondary N) is 1. The van der Waals surface area contributed by atoms with Gasteiger partial charge < -0.3 is 10.2 Å². The minimum absolute atomic E-state index is 0.0362. The monoisotopic (exact) mass is 418 g/mol. The number of carbonyl (C=O) groups excluding carboxylic acids is 1. The fraction of sp³-hybridized carbons (Fsp3) is 0.619. The largest absolute Gasteiger partial charge is 0.369 e. The van der Waals surface area contributed by atoms with Crippen LogP contribution in [0.1, 0.15) is 32.1 Å². The molecule has 1 aromatic carbocycles. The quantitative estimate of drug-likeness (QED) is 0.785. The van der Waals surface area contributed by atoms with E-state index < -0.39 is 0 Å². The van der Waals surface area contributed by atoms with Gasteiger partial charge in [0.1, 0.15) is 4.38 Å². The number of nitrogens with zero attached hydrogens (tertiary/aromatic N) is 3. The summed E-state index contributed by atoms with van der Waals surface area (Å²) in [4.78, 5) is 21.7. The average Bonchev–Trinajstić information content (AvgIpc) is 3.27. The first-order chi connectivity index (χ1) is 13.8. The smallest absolute Gasteiger partial charge is 0.234 e. The van der Waals surface area contributed by atoms with Gasteiger partial charge in [0, 0.05) is 49.3 Å². The Labute approximate surface area is 176 Å². The van der Waals surface area contributed by atoms with Crippen LogP contribution in [-0.2, 0) is 4.79 Å². The Morgan fingerprint density at radius 2 is 1.86 bits per heavy atom. The molecule has 1 aromatic rings. The van der Waals surface area contributed by atoms with E-state index in [0.29, 0.717) is 5.75 Å². The Morgan fingerprint density at radius 1 is 1.11 bits per heavy atom. The van der Waals surface area contributed by atoms with Crippen LogP contribution in [-0.4, -0.2) is 65.5 Å². The lowest BCUT2D eigenvalue weighted by Crippen LogP contribution is -2.50. The van der Waals surface area contributed by atoms with Crippen LogP contribution in [0.15, 0.2) is 29.3 Å². The van der Waals surface area contributed by atoms with Gasteiger partial charge >= 0.3 is 0 Å². The molecule has 1 amide bonds. The van der Waals surface area contributed by atoms with Crippen molar-refractivity contribution >= 4 is 45.2 Å². The van der Waals surface area contributed by atoms with Crippen LogP contribution >= 0.6 is 23.5 Å². The minimum atomic E-state index is 0.0362. The van der Waals surface area contributed by atoms with Crippen molar-refractivity contribution in [2.24, 2.45) is 4.99 Å². The summed E-state index contributed by atoms with van der Waals surface area (Å²) >= 11 is 3.28. The van der Waals surface area contributed by atoms with E-state index in [1.807, 2.05) is 12.1 Å². The summed E-state index contributed by atoms with van der Waals surface area (Å²) in [6, 6.07) is 9.13. The van der Waals surface area contributed by atoms with E-state index >= 15 is 0 Å². The lowest BCUT2D eigenvalue weighted by molar-refractivity contribution is -0.113. The molecule has 1 N–H and O–H groups in total. The molecule has 1 aliphatic carbocycles. The summed E-state index contributed by atoms with van der Waals surface area (Å²) in [6.07, 6.45) is 7.01. The van der Waals surface area contributed by atoms with Crippen molar-refractivity contribution in [3.05, 3.63) is 24.3 Å². The second-order valence-electron chi connectivity index (χ2n) is 7.69. The van der Waals surface area contributed by atoms with E-state index in [9.17, 15) is 4.79 Å². The van der Waals surface area contributed by atoms with E-state index in [0.717, 1.165) is 41.5 Å². The molecule has 0 unspecified atom stereocenters. The summed E-state index contributed by atoms with van der Waals surface area (Å²) in [5.74, 6) is 1.51. The summed E-state index contributed by atoms with van der Waals surface area (Å²) in [7, 11) is 0. The number of hydrogen-bond acceptors (Lipinski definition) is 6. The highest BCUT2D eigenvalue weighted by atomic mass is 32.2. The Kier molecular flexibility index (Phi) is 7.20. The maximum absolute atomic E-state index is 12.1. The van der Waals surface area contributed by atoms with E-state index in [2.05, 4.69) is 32.2 Å². The van der Waals surface area contributed by atoms with Crippen LogP contribution in [0.3, 0.4) is 0 Å². The van der Waals surface area contributed by atoms with Gasteiger partial charge in [0.05, 0.1) is 12.3 Å². The van der Waals surface area contributed by atoms with Gasteiger partial charge in [-0.05, 0) is 37.1 Å². The summed E-state index contributed by atoms with van der Waals surface area (Å²) in [5.41, 5.74) is 2.13. The van der Waals surface area contributed by atoms with Crippen LogP contribution in [0, 0.1) is 0 Å². The van der Waals surface area contributed by atoms with Crippen molar-refractivity contribution in [1.82, 2.24) is 4.90 Å². The van der Waals surface area contributed by atoms with E-state index in [1.54, 1.807) is 11.8 Å². The van der Waals surface area contributed by atoms with Crippen molar-refractivity contribution < 1.29 is 4.79 Å². The maximum Gasteiger partial charge on any atom is 0.234 e. The van der Waals surface area contributed by atoms with Crippen LogP contribution in [0.2, 0.25) is 0 Å². The molecule has 2 heterocycles. The van der Waals surface area contributed by atoms with Crippen molar-refractivity contribution in [2.45, 2.75) is 38.1 Å². The first-order valence-electron chi connectivity index (χ1n) is 10.5. The Bertz CT molecular complexity index is 680. The number of thioether (sulfide) groups is 2. The molecule has 5 nitrogen and oxygen atoms in total. The van der Waals surface area contributed by atoms with E-state index in [4.69, 9.17) is 0 Å². The number of piperazine rings is 1. The van der Waals surface area contributed by atoms with Crippen molar-refractivity contribution in [1.29, 1.82) is 0 Å². The SMILES string of the molecule is O=C(CSC1=NCCS1)Nc1ccc(N2CCN(C3CCCCC3)CC2)cc1. The molecule has 4 rings (SSSR count). The molecule has 0 radical (unpaired) electrons. The molecule has 0 aromatic heterocycles. The highest BCUT2D eigenvalue weighted by Gasteiger charge is 2.25. The van der Waals surface area contributed by atoms with Gasteiger partial charge in [-0.2, -0.15) is 0 Å². The van der Waals surface area contributed by atoms with Crippen LogP contribution < -0.4 is 10.2 Å². The summed E-state index contributed by atoms with van der Waals surface area (Å²) < 4.78 is 1.04. The minimum Gasteiger partial charge on any atom is -0.369 e. The molecule has 1 saturated carbocycles. The highest BCUT2D eigenvalue weighted by molar-refractivity contribution is 8.39. The second-order valence-corrected chi connectivity index (χ2v) is 10.0. The first-order valence-corrected chi connectivity index (χ1v) is 12.4. The number of hydrogen-bond donors (Lipinski definition) is 1. The molecule has 2 aliphatic heterocycles. The number of anilines is 2. The lowest BCUT2D eigenvalue weighted by Gasteiger charge is -2.41. The van der Waals surface area contributed by atoms with Gasteiger partial charge in [0.2, 0.25) is 5.91 Å². The van der Waals surface area contributed by atoms with E-state index in [1.165, 1.54) is 62.6 Å². The number of aliphatic imine (C=N–C) groups is 1. The Balaban J connectivity index is 1.22. The molecule has 0 atom stereocenters. The number of carbonyl (C=O) groups is 1. The number of amides is 1. The molecule has 152 valence electrons. The van der Waals surface area contributed by atoms with Crippen molar-refractivity contribution in [3.63, 3.8) is 0 Å². The third kappa shape index (κ3) is 5.45. The van der Waals surface area contributed by atoms with Crippen molar-refractivity contribution in [3.8, 4) is 0 Å². The molecular formula is C21H30N4OS2. The summed E-state index contributed by atoms with van der Waals surface area (Å²) in [5, 5.41) is 3.00. The molecule has 28 heavy (non-hydrogen) atoms. The van der Waals surface area contributed by atoms with Gasteiger partial charge in [0.25, 0.3) is 0 Å². The molecule has 7 heteroatoms. The Morgan fingerprint density at radius 3 is 2.54 bits per heavy atom. The zero-order valence-corrected chi connectivity index (χ0v) is 18.1. The Hall–Kier alpha value is -1.18. The fourth-order valence-corrected chi connectivity index (χ4v) is 6.08. The van der Waals surface area contributed by atoms with E-state index in [-0.39, 0.29) is 5.91 Å². The number of benzene rings is 1. The highest BCUT2D eigenvalue weighted by Crippen LogP contribution is 2.26. The molecule has 0 spiro atoms. The fourth-order valence-electron chi connectivity index (χ4n) is 4.27. The zero-order chi connectivity index (χ0) is 19.2. The van der Waals surface area contributed by atoms with Crippen LogP contribution in [0.4, 0.5) is 11.4 Å². The standard InChI is InChI=1S/C21H30N4OS2/c26-20(16-28-21-22-10-15-27-21)23-17-6-8-19(9-7-17)25-13-11-24(12-14-25)18-4-2-1-3-5-18/h6-9,18H,1-5,10-16H2,(H,23,26). The third-order valence-corrected chi connectivity index (χ3v) is 8.06. The lowest BCUT2D eigenvalue weighted by atomic mass is 9.94. The van der Waals surface area contributed by atoms with Gasteiger partial charge in [-0.1, -0.05) is 42.8 Å². The molecule has 1 saturated heterocycles. The van der Waals surface area contributed by atoms with Gasteiger partial charge in [-0.25, -0.2) is 0 Å². The first kappa shape index (κ1) is 20.1. The molecular weight excluding hydrogens is 388 g/mol. The van der Waals surface area contributed by atoms with Crippen molar-refractivity contribution in [2.75, 3.05) is 54.4 Å². The summed E-state index contributed by atoms with van der Waals surface area (Å²) in [6.45, 7) is 5.41. The average molecular weight is 419 g/mol. The van der Waals surface area contributed by atoms with Crippen LogP contribution in [0.5, 0.6) is 0 Å². The maximum atomic E-state index is 12.1. The second kappa shape index (κ2) is 10.0. The zero-order valence-electron chi connectivity index (χ0n) is 16.4. The van der Waals surface area contributed by atoms with Crippen LogP contribution in [0.25, 0.3) is 0 Å². The van der Waals surface area contributed by atoms with Gasteiger partial charge in [0.15, 0.2) is 0 Å². The molecule has 0 bridgehead atoms. The third-order valence-electron chi connectivity index (χ3n) is 5.81.